The highest BCUT2D eigenvalue weighted by molar-refractivity contribution is 6.11. The van der Waals surface area contributed by atoms with Crippen LogP contribution in [0.2, 0.25) is 0 Å². The van der Waals surface area contributed by atoms with Crippen LogP contribution in [0.15, 0.2) is 42.5 Å². The van der Waals surface area contributed by atoms with Crippen LogP contribution in [0.4, 0.5) is 17.1 Å². The first kappa shape index (κ1) is 23.4. The van der Waals surface area contributed by atoms with E-state index >= 15 is 0 Å². The van der Waals surface area contributed by atoms with Crippen molar-refractivity contribution in [2.45, 2.75) is 57.9 Å². The van der Waals surface area contributed by atoms with Gasteiger partial charge in [0.1, 0.15) is 12.6 Å². The molecule has 3 aliphatic heterocycles. The van der Waals surface area contributed by atoms with E-state index in [-0.39, 0.29) is 30.3 Å². The number of piperidine rings is 2. The van der Waals surface area contributed by atoms with Crippen molar-refractivity contribution in [1.29, 1.82) is 0 Å². The summed E-state index contributed by atoms with van der Waals surface area (Å²) in [6.45, 7) is 4.33. The number of fused-ring (bicyclic) bond motifs is 3. The lowest BCUT2D eigenvalue weighted by atomic mass is 9.95. The molecule has 2 aromatic carbocycles. The SMILES string of the molecule is CCc1ccccc1NC(=O)CN1C(=O)C2CCCCN2c2ccc(C(=O)N3CCCCC3)cc21. The summed E-state index contributed by atoms with van der Waals surface area (Å²) in [4.78, 5) is 45.6. The Hall–Kier alpha value is -3.35. The van der Waals surface area contributed by atoms with Gasteiger partial charge in [-0.1, -0.05) is 25.1 Å². The summed E-state index contributed by atoms with van der Waals surface area (Å²) < 4.78 is 0. The molecule has 7 nitrogen and oxygen atoms in total. The number of carbonyl (C=O) groups is 3. The Morgan fingerprint density at radius 3 is 2.51 bits per heavy atom. The zero-order valence-corrected chi connectivity index (χ0v) is 20.5. The zero-order valence-electron chi connectivity index (χ0n) is 20.5. The third kappa shape index (κ3) is 4.64. The molecule has 0 aromatic heterocycles. The van der Waals surface area contributed by atoms with Gasteiger partial charge in [-0.05, 0) is 74.8 Å². The number of anilines is 3. The molecule has 3 heterocycles. The smallest absolute Gasteiger partial charge is 0.253 e. The van der Waals surface area contributed by atoms with Crippen molar-refractivity contribution in [3.63, 3.8) is 0 Å². The number of rotatable bonds is 5. The Bertz CT molecular complexity index is 1120. The normalized spacial score (nSPS) is 19.7. The number of hydrogen-bond acceptors (Lipinski definition) is 4. The van der Waals surface area contributed by atoms with E-state index in [0.29, 0.717) is 11.3 Å². The van der Waals surface area contributed by atoms with Crippen LogP contribution in [0.3, 0.4) is 0 Å². The number of benzene rings is 2. The minimum absolute atomic E-state index is 0.00184. The zero-order chi connectivity index (χ0) is 24.4. The molecule has 0 saturated carbocycles. The van der Waals surface area contributed by atoms with Crippen LogP contribution < -0.4 is 15.1 Å². The van der Waals surface area contributed by atoms with Gasteiger partial charge in [0.2, 0.25) is 11.8 Å². The molecule has 0 radical (unpaired) electrons. The van der Waals surface area contributed by atoms with Gasteiger partial charge >= 0.3 is 0 Å². The summed E-state index contributed by atoms with van der Waals surface area (Å²) in [7, 11) is 0. The standard InChI is InChI=1S/C28H34N4O3/c1-2-20-10-4-5-11-22(20)29-26(33)19-32-25-18-21(27(34)30-15-7-3-8-16-30)13-14-23(25)31-17-9-6-12-24(31)28(32)35/h4-5,10-11,13-14,18,24H,2-3,6-9,12,15-17,19H2,1H3,(H,29,33). The van der Waals surface area contributed by atoms with Gasteiger partial charge in [-0.3, -0.25) is 19.3 Å². The second-order valence-corrected chi connectivity index (χ2v) is 9.74. The van der Waals surface area contributed by atoms with E-state index in [1.54, 1.807) is 4.90 Å². The maximum absolute atomic E-state index is 13.6. The van der Waals surface area contributed by atoms with Crippen molar-refractivity contribution in [1.82, 2.24) is 4.90 Å². The van der Waals surface area contributed by atoms with Crippen LogP contribution in [-0.2, 0) is 16.0 Å². The molecule has 1 unspecified atom stereocenters. The van der Waals surface area contributed by atoms with Gasteiger partial charge in [-0.2, -0.15) is 0 Å². The summed E-state index contributed by atoms with van der Waals surface area (Å²) in [5.74, 6) is -0.289. The van der Waals surface area contributed by atoms with Gasteiger partial charge < -0.3 is 15.1 Å². The van der Waals surface area contributed by atoms with Gasteiger partial charge in [-0.25, -0.2) is 0 Å². The third-order valence-corrected chi connectivity index (χ3v) is 7.49. The van der Waals surface area contributed by atoms with E-state index in [1.807, 2.05) is 54.3 Å². The van der Waals surface area contributed by atoms with Crippen molar-refractivity contribution in [3.8, 4) is 0 Å². The number of carbonyl (C=O) groups excluding carboxylic acids is 3. The molecule has 184 valence electrons. The molecule has 2 saturated heterocycles. The molecule has 7 heteroatoms. The van der Waals surface area contributed by atoms with E-state index in [9.17, 15) is 14.4 Å². The maximum atomic E-state index is 13.6. The van der Waals surface area contributed by atoms with Crippen LogP contribution in [-0.4, -0.2) is 54.8 Å². The fourth-order valence-electron chi connectivity index (χ4n) is 5.62. The fourth-order valence-corrected chi connectivity index (χ4v) is 5.62. The average Bonchev–Trinajstić information content (AvgIpc) is 2.91. The predicted molar refractivity (Wildman–Crippen MR) is 138 cm³/mol. The molecule has 2 fully saturated rings. The van der Waals surface area contributed by atoms with Gasteiger partial charge in [0.15, 0.2) is 0 Å². The number of aryl methyl sites for hydroxylation is 1. The number of hydrogen-bond donors (Lipinski definition) is 1. The van der Waals surface area contributed by atoms with Gasteiger partial charge in [0.25, 0.3) is 5.91 Å². The van der Waals surface area contributed by atoms with Crippen molar-refractivity contribution in [2.75, 3.05) is 41.3 Å². The predicted octanol–water partition coefficient (Wildman–Crippen LogP) is 4.22. The Balaban J connectivity index is 1.45. The van der Waals surface area contributed by atoms with Gasteiger partial charge in [0, 0.05) is 30.9 Å². The molecule has 3 aliphatic rings. The van der Waals surface area contributed by atoms with Crippen LogP contribution in [0, 0.1) is 0 Å². The number of para-hydroxylation sites is 1. The Labute approximate surface area is 207 Å². The molecule has 0 aliphatic carbocycles. The first-order chi connectivity index (χ1) is 17.1. The highest BCUT2D eigenvalue weighted by atomic mass is 16.2. The Morgan fingerprint density at radius 2 is 1.71 bits per heavy atom. The van der Waals surface area contributed by atoms with Crippen molar-refractivity contribution < 1.29 is 14.4 Å². The lowest BCUT2D eigenvalue weighted by molar-refractivity contribution is -0.123. The number of nitrogens with one attached hydrogen (secondary N) is 1. The molecule has 1 N–H and O–H groups in total. The van der Waals surface area contributed by atoms with Crippen LogP contribution in [0.25, 0.3) is 0 Å². The second kappa shape index (κ2) is 10.1. The van der Waals surface area contributed by atoms with Gasteiger partial charge in [-0.15, -0.1) is 0 Å². The highest BCUT2D eigenvalue weighted by Crippen LogP contribution is 2.40. The van der Waals surface area contributed by atoms with Crippen LogP contribution in [0.5, 0.6) is 0 Å². The second-order valence-electron chi connectivity index (χ2n) is 9.74. The molecule has 35 heavy (non-hydrogen) atoms. The summed E-state index contributed by atoms with van der Waals surface area (Å²) >= 11 is 0. The minimum atomic E-state index is -0.254. The lowest BCUT2D eigenvalue weighted by Crippen LogP contribution is -2.56. The van der Waals surface area contributed by atoms with Crippen molar-refractivity contribution in [3.05, 3.63) is 53.6 Å². The van der Waals surface area contributed by atoms with Crippen molar-refractivity contribution in [2.24, 2.45) is 0 Å². The number of amides is 3. The van der Waals surface area contributed by atoms with Crippen LogP contribution in [0.1, 0.15) is 61.4 Å². The summed E-state index contributed by atoms with van der Waals surface area (Å²) in [6.07, 6.45) is 6.82. The Morgan fingerprint density at radius 1 is 0.943 bits per heavy atom. The molecule has 2 aromatic rings. The van der Waals surface area contributed by atoms with E-state index in [4.69, 9.17) is 0 Å². The van der Waals surface area contributed by atoms with E-state index < -0.39 is 0 Å². The van der Waals surface area contributed by atoms with Crippen LogP contribution >= 0.6 is 0 Å². The fraction of sp³-hybridized carbons (Fsp3) is 0.464. The van der Waals surface area contributed by atoms with E-state index in [0.717, 1.165) is 81.5 Å². The minimum Gasteiger partial charge on any atom is -0.358 e. The summed E-state index contributed by atoms with van der Waals surface area (Å²) in [5, 5.41) is 3.00. The summed E-state index contributed by atoms with van der Waals surface area (Å²) in [6, 6.07) is 13.2. The molecule has 5 rings (SSSR count). The first-order valence-electron chi connectivity index (χ1n) is 13.0. The highest BCUT2D eigenvalue weighted by Gasteiger charge is 2.40. The third-order valence-electron chi connectivity index (χ3n) is 7.49. The van der Waals surface area contributed by atoms with E-state index in [2.05, 4.69) is 10.2 Å². The van der Waals surface area contributed by atoms with Gasteiger partial charge in [0.05, 0.1) is 11.4 Å². The first-order valence-corrected chi connectivity index (χ1v) is 13.0. The van der Waals surface area contributed by atoms with Crippen molar-refractivity contribution >= 4 is 34.8 Å². The monoisotopic (exact) mass is 474 g/mol. The Kier molecular flexibility index (Phi) is 6.75. The number of nitrogens with zero attached hydrogens (tertiary/aromatic N) is 3. The molecule has 0 spiro atoms. The number of likely N-dealkylation sites (tertiary alicyclic amines) is 1. The maximum Gasteiger partial charge on any atom is 0.253 e. The molecule has 3 amide bonds. The largest absolute Gasteiger partial charge is 0.358 e. The lowest BCUT2D eigenvalue weighted by Gasteiger charge is -2.45. The molecule has 1 atom stereocenters. The van der Waals surface area contributed by atoms with E-state index in [1.165, 1.54) is 0 Å². The quantitative estimate of drug-likeness (QED) is 0.704. The summed E-state index contributed by atoms with van der Waals surface area (Å²) in [5.41, 5.74) is 4.01. The average molecular weight is 475 g/mol. The molecular formula is C28H34N4O3. The molecular weight excluding hydrogens is 440 g/mol. The molecule has 0 bridgehead atoms. The topological polar surface area (TPSA) is 73.0 Å².